The lowest BCUT2D eigenvalue weighted by Crippen LogP contribution is -2.36. The Balaban J connectivity index is 1.95. The number of nitrogens with zero attached hydrogens (tertiary/aromatic N) is 1. The van der Waals surface area contributed by atoms with Crippen LogP contribution in [0.1, 0.15) is 52.9 Å². The van der Waals surface area contributed by atoms with Crippen LogP contribution < -0.4 is 0 Å². The molecule has 2 fully saturated rings. The second-order valence-corrected chi connectivity index (χ2v) is 7.90. The molecule has 0 bridgehead atoms. The van der Waals surface area contributed by atoms with Crippen LogP contribution in [-0.4, -0.2) is 29.2 Å². The summed E-state index contributed by atoms with van der Waals surface area (Å²) in [5, 5.41) is 1.05. The summed E-state index contributed by atoms with van der Waals surface area (Å²) in [5.74, 6) is 1.07. The second kappa shape index (κ2) is 5.15. The maximum Gasteiger partial charge on any atom is 0.222 e. The number of hydrogen-bond donors (Lipinski definition) is 0. The summed E-state index contributed by atoms with van der Waals surface area (Å²) in [5.41, 5.74) is 0.750. The van der Waals surface area contributed by atoms with Crippen molar-refractivity contribution in [3.63, 3.8) is 0 Å². The van der Waals surface area contributed by atoms with Crippen LogP contribution in [0.5, 0.6) is 0 Å². The van der Waals surface area contributed by atoms with E-state index in [2.05, 4.69) is 41.6 Å². The van der Waals surface area contributed by atoms with Gasteiger partial charge in [0.25, 0.3) is 0 Å². The van der Waals surface area contributed by atoms with Gasteiger partial charge in [0, 0.05) is 24.8 Å². The van der Waals surface area contributed by atoms with Gasteiger partial charge in [0.15, 0.2) is 0 Å². The Kier molecular flexibility index (Phi) is 4.10. The van der Waals surface area contributed by atoms with Crippen molar-refractivity contribution in [2.75, 3.05) is 18.4 Å². The Bertz CT molecular complexity index is 317. The lowest BCUT2D eigenvalue weighted by atomic mass is 9.77. The number of likely N-dealkylation sites (tertiary alicyclic amines) is 1. The molecule has 1 heterocycles. The molecule has 1 amide bonds. The molecule has 18 heavy (non-hydrogen) atoms. The Hall–Kier alpha value is -0.0500. The van der Waals surface area contributed by atoms with Crippen LogP contribution in [-0.2, 0) is 4.79 Å². The molecule has 0 radical (unpaired) electrons. The quantitative estimate of drug-likeness (QED) is 0.725. The van der Waals surface area contributed by atoms with E-state index in [9.17, 15) is 4.79 Å². The lowest BCUT2D eigenvalue weighted by Gasteiger charge is -2.30. The fourth-order valence-electron chi connectivity index (χ4n) is 2.99. The fourth-order valence-corrected chi connectivity index (χ4v) is 3.72. The molecule has 1 saturated heterocycles. The number of rotatable bonds is 3. The van der Waals surface area contributed by atoms with Crippen molar-refractivity contribution in [1.29, 1.82) is 0 Å². The highest BCUT2D eigenvalue weighted by Crippen LogP contribution is 2.48. The second-order valence-electron chi connectivity index (χ2n) is 7.34. The molecule has 0 N–H and O–H groups in total. The summed E-state index contributed by atoms with van der Waals surface area (Å²) in [6, 6.07) is 0. The molecule has 2 nitrogen and oxygen atoms in total. The average molecular weight is 316 g/mol. The van der Waals surface area contributed by atoms with E-state index >= 15 is 0 Å². The smallest absolute Gasteiger partial charge is 0.222 e. The van der Waals surface area contributed by atoms with Gasteiger partial charge in [-0.2, -0.15) is 0 Å². The standard InChI is InChI=1S/C15H26BrNO/c1-14(2,3)12-4-5-13(18)17(9-6-12)11-15(10-16)7-8-15/h12H,4-11H2,1-3H3. The van der Waals surface area contributed by atoms with E-state index in [0.29, 0.717) is 22.7 Å². The Morgan fingerprint density at radius 2 is 2.00 bits per heavy atom. The van der Waals surface area contributed by atoms with Crippen LogP contribution in [0.2, 0.25) is 0 Å². The van der Waals surface area contributed by atoms with Crippen molar-refractivity contribution < 1.29 is 4.79 Å². The van der Waals surface area contributed by atoms with Crippen molar-refractivity contribution in [2.24, 2.45) is 16.7 Å². The first-order valence-corrected chi connectivity index (χ1v) is 8.32. The summed E-state index contributed by atoms with van der Waals surface area (Å²) < 4.78 is 0. The Morgan fingerprint density at radius 1 is 1.33 bits per heavy atom. The first kappa shape index (κ1) is 14.4. The molecule has 0 aromatic rings. The van der Waals surface area contributed by atoms with Crippen molar-refractivity contribution in [3.8, 4) is 0 Å². The van der Waals surface area contributed by atoms with E-state index in [1.54, 1.807) is 0 Å². The SMILES string of the molecule is CC(C)(C)C1CCC(=O)N(CC2(CBr)CC2)CC1. The van der Waals surface area contributed by atoms with Crippen LogP contribution in [0.25, 0.3) is 0 Å². The molecule has 1 aliphatic carbocycles. The van der Waals surface area contributed by atoms with E-state index in [1.807, 2.05) is 0 Å². The summed E-state index contributed by atoms with van der Waals surface area (Å²) in [7, 11) is 0. The molecule has 2 rings (SSSR count). The van der Waals surface area contributed by atoms with Gasteiger partial charge in [0.1, 0.15) is 0 Å². The molecule has 1 unspecified atom stereocenters. The first-order valence-electron chi connectivity index (χ1n) is 7.20. The Labute approximate surface area is 120 Å². The summed E-state index contributed by atoms with van der Waals surface area (Å²) in [6.07, 6.45) is 5.56. The van der Waals surface area contributed by atoms with Crippen LogP contribution in [0, 0.1) is 16.7 Å². The highest BCUT2D eigenvalue weighted by atomic mass is 79.9. The zero-order valence-electron chi connectivity index (χ0n) is 12.0. The van der Waals surface area contributed by atoms with Gasteiger partial charge >= 0.3 is 0 Å². The predicted octanol–water partition coefficient (Wildman–Crippen LogP) is 3.84. The third kappa shape index (κ3) is 3.28. The maximum atomic E-state index is 12.2. The van der Waals surface area contributed by atoms with Gasteiger partial charge in [-0.25, -0.2) is 0 Å². The zero-order chi connectivity index (χ0) is 13.4. The molecule has 0 aromatic carbocycles. The van der Waals surface area contributed by atoms with Crippen LogP contribution in [0.3, 0.4) is 0 Å². The molecule has 0 aromatic heterocycles. The highest BCUT2D eigenvalue weighted by Gasteiger charge is 2.44. The fraction of sp³-hybridized carbons (Fsp3) is 0.933. The first-order chi connectivity index (χ1) is 8.36. The van der Waals surface area contributed by atoms with Gasteiger partial charge in [0.2, 0.25) is 5.91 Å². The monoisotopic (exact) mass is 315 g/mol. The average Bonchev–Trinajstić information content (AvgIpc) is 3.06. The third-order valence-electron chi connectivity index (χ3n) is 4.80. The van der Waals surface area contributed by atoms with Crippen LogP contribution >= 0.6 is 15.9 Å². The molecule has 1 atom stereocenters. The largest absolute Gasteiger partial charge is 0.342 e. The minimum atomic E-state index is 0.336. The molecular formula is C15H26BrNO. The molecule has 1 aliphatic heterocycles. The van der Waals surface area contributed by atoms with Crippen LogP contribution in [0.4, 0.5) is 0 Å². The van der Waals surface area contributed by atoms with Crippen molar-refractivity contribution in [1.82, 2.24) is 4.90 Å². The molecule has 1 saturated carbocycles. The lowest BCUT2D eigenvalue weighted by molar-refractivity contribution is -0.131. The number of carbonyl (C=O) groups is 1. The van der Waals surface area contributed by atoms with Crippen LogP contribution in [0.15, 0.2) is 0 Å². The van der Waals surface area contributed by atoms with E-state index in [1.165, 1.54) is 19.3 Å². The molecular weight excluding hydrogens is 290 g/mol. The summed E-state index contributed by atoms with van der Waals surface area (Å²) in [4.78, 5) is 14.4. The number of amides is 1. The maximum absolute atomic E-state index is 12.2. The zero-order valence-corrected chi connectivity index (χ0v) is 13.6. The summed E-state index contributed by atoms with van der Waals surface area (Å²) in [6.45, 7) is 8.86. The minimum Gasteiger partial charge on any atom is -0.342 e. The molecule has 0 spiro atoms. The molecule has 2 aliphatic rings. The van der Waals surface area contributed by atoms with Gasteiger partial charge in [0.05, 0.1) is 0 Å². The van der Waals surface area contributed by atoms with Gasteiger partial charge in [-0.05, 0) is 42.4 Å². The number of halogens is 1. The normalized spacial score (nSPS) is 28.1. The van der Waals surface area contributed by atoms with Gasteiger partial charge in [-0.3, -0.25) is 4.79 Å². The predicted molar refractivity (Wildman–Crippen MR) is 78.8 cm³/mol. The van der Waals surface area contributed by atoms with Crippen molar-refractivity contribution >= 4 is 21.8 Å². The third-order valence-corrected chi connectivity index (χ3v) is 5.99. The van der Waals surface area contributed by atoms with Crippen molar-refractivity contribution in [3.05, 3.63) is 0 Å². The minimum absolute atomic E-state index is 0.336. The number of carbonyl (C=O) groups excluding carboxylic acids is 1. The number of alkyl halides is 1. The van der Waals surface area contributed by atoms with Gasteiger partial charge < -0.3 is 4.90 Å². The molecule has 104 valence electrons. The highest BCUT2D eigenvalue weighted by molar-refractivity contribution is 9.09. The van der Waals surface area contributed by atoms with Gasteiger partial charge in [-0.1, -0.05) is 36.7 Å². The number of hydrogen-bond acceptors (Lipinski definition) is 1. The van der Waals surface area contributed by atoms with Gasteiger partial charge in [-0.15, -0.1) is 0 Å². The molecule has 3 heteroatoms. The van der Waals surface area contributed by atoms with E-state index in [-0.39, 0.29) is 0 Å². The van der Waals surface area contributed by atoms with E-state index < -0.39 is 0 Å². The van der Waals surface area contributed by atoms with E-state index in [4.69, 9.17) is 0 Å². The van der Waals surface area contributed by atoms with Crippen molar-refractivity contribution in [2.45, 2.75) is 52.9 Å². The van der Waals surface area contributed by atoms with E-state index in [0.717, 1.165) is 31.3 Å². The summed E-state index contributed by atoms with van der Waals surface area (Å²) >= 11 is 3.61. The Morgan fingerprint density at radius 3 is 2.50 bits per heavy atom. The topological polar surface area (TPSA) is 20.3 Å².